The minimum absolute atomic E-state index is 0.314. The number of tetrazole rings is 1. The summed E-state index contributed by atoms with van der Waals surface area (Å²) >= 11 is 0. The van der Waals surface area contributed by atoms with Crippen molar-refractivity contribution in [3.8, 4) is 11.4 Å². The maximum absolute atomic E-state index is 5.90. The van der Waals surface area contributed by atoms with Crippen LogP contribution in [0.25, 0.3) is 11.4 Å². The van der Waals surface area contributed by atoms with E-state index in [0.717, 1.165) is 43.1 Å². The Morgan fingerprint density at radius 1 is 1.23 bits per heavy atom. The van der Waals surface area contributed by atoms with Crippen LogP contribution < -0.4 is 5.73 Å². The van der Waals surface area contributed by atoms with Gasteiger partial charge in [0.25, 0.3) is 0 Å². The molecule has 3 N–H and O–H groups in total. The summed E-state index contributed by atoms with van der Waals surface area (Å²) in [6.45, 7) is 1.52. The van der Waals surface area contributed by atoms with Crippen LogP contribution in [-0.4, -0.2) is 53.4 Å². The number of rotatable bonds is 6. The van der Waals surface area contributed by atoms with Gasteiger partial charge in [-0.05, 0) is 36.7 Å². The molecule has 2 aromatic heterocycles. The highest BCUT2D eigenvalue weighted by atomic mass is 15.5. The van der Waals surface area contributed by atoms with Crippen molar-refractivity contribution in [1.82, 2.24) is 40.3 Å². The Morgan fingerprint density at radius 3 is 2.81 bits per heavy atom. The van der Waals surface area contributed by atoms with Crippen LogP contribution in [0.1, 0.15) is 36.0 Å². The molecule has 0 saturated heterocycles. The number of aromatic amines is 1. The number of hydrogen-bond donors (Lipinski definition) is 2. The van der Waals surface area contributed by atoms with Crippen LogP contribution in [0.4, 0.5) is 0 Å². The summed E-state index contributed by atoms with van der Waals surface area (Å²) in [5.74, 6) is 3.07. The van der Waals surface area contributed by atoms with Gasteiger partial charge in [0.05, 0.1) is 6.54 Å². The van der Waals surface area contributed by atoms with E-state index in [-0.39, 0.29) is 0 Å². The molecule has 1 aliphatic carbocycles. The molecule has 1 aromatic carbocycles. The summed E-state index contributed by atoms with van der Waals surface area (Å²) < 4.78 is 2.11. The normalized spacial score (nSPS) is 19.7. The average molecular weight is 353 g/mol. The Balaban J connectivity index is 1.41. The monoisotopic (exact) mass is 353 g/mol. The molecule has 1 fully saturated rings. The molecule has 4 rings (SSSR count). The molecule has 1 aliphatic rings. The molecule has 0 radical (unpaired) electrons. The fourth-order valence-electron chi connectivity index (χ4n) is 3.44. The highest BCUT2D eigenvalue weighted by Gasteiger charge is 2.31. The molecule has 0 bridgehead atoms. The lowest BCUT2D eigenvalue weighted by atomic mass is 9.80. The van der Waals surface area contributed by atoms with Gasteiger partial charge in [0, 0.05) is 31.1 Å². The molecule has 3 aromatic rings. The van der Waals surface area contributed by atoms with Gasteiger partial charge < -0.3 is 10.3 Å². The van der Waals surface area contributed by atoms with Gasteiger partial charge in [0.2, 0.25) is 5.82 Å². The molecule has 136 valence electrons. The summed E-state index contributed by atoms with van der Waals surface area (Å²) in [5.41, 5.74) is 8.03. The zero-order valence-corrected chi connectivity index (χ0v) is 15.0. The van der Waals surface area contributed by atoms with Crippen LogP contribution in [0.5, 0.6) is 0 Å². The van der Waals surface area contributed by atoms with Gasteiger partial charge in [-0.1, -0.05) is 18.2 Å². The fourth-order valence-corrected chi connectivity index (χ4v) is 3.44. The van der Waals surface area contributed by atoms with Crippen molar-refractivity contribution in [2.24, 2.45) is 12.8 Å². The number of nitrogens with one attached hydrogen (secondary N) is 1. The number of benzene rings is 1. The topological polar surface area (TPSA) is 114 Å². The van der Waals surface area contributed by atoms with Crippen molar-refractivity contribution >= 4 is 0 Å². The SMILES string of the molecule is CN(Cc1cccc(-c2nn[nH]n2)c1)Cc1nnc(C2CC(N)C2)n1C. The molecule has 0 aliphatic heterocycles. The van der Waals surface area contributed by atoms with E-state index in [0.29, 0.717) is 17.8 Å². The van der Waals surface area contributed by atoms with Crippen molar-refractivity contribution in [2.75, 3.05) is 7.05 Å². The van der Waals surface area contributed by atoms with Gasteiger partial charge in [-0.25, -0.2) is 0 Å². The molecular weight excluding hydrogens is 330 g/mol. The van der Waals surface area contributed by atoms with Crippen LogP contribution in [0, 0.1) is 0 Å². The Kier molecular flexibility index (Phi) is 4.48. The van der Waals surface area contributed by atoms with E-state index in [2.05, 4.69) is 59.5 Å². The van der Waals surface area contributed by atoms with Gasteiger partial charge in [-0.15, -0.1) is 20.4 Å². The second-order valence-electron chi connectivity index (χ2n) is 7.07. The third kappa shape index (κ3) is 3.35. The molecule has 9 heteroatoms. The molecule has 9 nitrogen and oxygen atoms in total. The van der Waals surface area contributed by atoms with E-state index < -0.39 is 0 Å². The Hall–Kier alpha value is -2.65. The van der Waals surface area contributed by atoms with Crippen LogP contribution >= 0.6 is 0 Å². The van der Waals surface area contributed by atoms with Crippen LogP contribution in [0.15, 0.2) is 24.3 Å². The van der Waals surface area contributed by atoms with Crippen molar-refractivity contribution < 1.29 is 0 Å². The number of aromatic nitrogens is 7. The molecule has 2 heterocycles. The van der Waals surface area contributed by atoms with Gasteiger partial charge in [0.1, 0.15) is 11.6 Å². The fraction of sp³-hybridized carbons (Fsp3) is 0.471. The first kappa shape index (κ1) is 16.8. The molecule has 0 unspecified atom stereocenters. The van der Waals surface area contributed by atoms with Gasteiger partial charge in [-0.2, -0.15) is 5.21 Å². The molecule has 1 saturated carbocycles. The minimum atomic E-state index is 0.314. The van der Waals surface area contributed by atoms with Crippen LogP contribution in [0.3, 0.4) is 0 Å². The van der Waals surface area contributed by atoms with E-state index in [9.17, 15) is 0 Å². The van der Waals surface area contributed by atoms with E-state index >= 15 is 0 Å². The van der Waals surface area contributed by atoms with Crippen molar-refractivity contribution in [3.63, 3.8) is 0 Å². The van der Waals surface area contributed by atoms with Gasteiger partial charge in [0.15, 0.2) is 0 Å². The molecule has 0 amide bonds. The number of hydrogen-bond acceptors (Lipinski definition) is 7. The first-order chi connectivity index (χ1) is 12.6. The van der Waals surface area contributed by atoms with Crippen molar-refractivity contribution in [1.29, 1.82) is 0 Å². The number of nitrogens with zero attached hydrogens (tertiary/aromatic N) is 7. The van der Waals surface area contributed by atoms with E-state index in [4.69, 9.17) is 5.73 Å². The van der Waals surface area contributed by atoms with E-state index in [1.54, 1.807) is 0 Å². The molecular formula is C17H23N9. The first-order valence-corrected chi connectivity index (χ1v) is 8.75. The lowest BCUT2D eigenvalue weighted by Gasteiger charge is -2.31. The van der Waals surface area contributed by atoms with Crippen LogP contribution in [-0.2, 0) is 20.1 Å². The standard InChI is InChI=1S/C17H23N9/c1-25(9-11-4-3-5-12(6-11)16-20-23-24-21-16)10-15-19-22-17(26(15)2)13-7-14(18)8-13/h3-6,13-14H,7-10,18H2,1-2H3,(H,20,21,23,24). The summed E-state index contributed by atoms with van der Waals surface area (Å²) in [5, 5.41) is 22.9. The highest BCUT2D eigenvalue weighted by Crippen LogP contribution is 2.34. The second-order valence-corrected chi connectivity index (χ2v) is 7.07. The second kappa shape index (κ2) is 6.93. The summed E-state index contributed by atoms with van der Waals surface area (Å²) in [4.78, 5) is 2.22. The number of nitrogens with two attached hydrogens (primary N) is 1. The molecule has 0 spiro atoms. The zero-order chi connectivity index (χ0) is 18.1. The van der Waals surface area contributed by atoms with Gasteiger partial charge >= 0.3 is 0 Å². The quantitative estimate of drug-likeness (QED) is 0.674. The van der Waals surface area contributed by atoms with Gasteiger partial charge in [-0.3, -0.25) is 4.90 Å². The van der Waals surface area contributed by atoms with Crippen molar-refractivity contribution in [3.05, 3.63) is 41.5 Å². The van der Waals surface area contributed by atoms with Crippen molar-refractivity contribution in [2.45, 2.75) is 37.9 Å². The Labute approximate surface area is 151 Å². The highest BCUT2D eigenvalue weighted by molar-refractivity contribution is 5.54. The Morgan fingerprint density at radius 2 is 2.08 bits per heavy atom. The van der Waals surface area contributed by atoms with E-state index in [1.165, 1.54) is 5.56 Å². The molecule has 0 atom stereocenters. The predicted octanol–water partition coefficient (Wildman–Crippen LogP) is 0.832. The largest absolute Gasteiger partial charge is 0.328 e. The lowest BCUT2D eigenvalue weighted by molar-refractivity contribution is 0.302. The maximum atomic E-state index is 5.90. The summed E-state index contributed by atoms with van der Waals surface area (Å²) in [6, 6.07) is 8.48. The van der Waals surface area contributed by atoms with Crippen LogP contribution in [0.2, 0.25) is 0 Å². The predicted molar refractivity (Wildman–Crippen MR) is 95.7 cm³/mol. The minimum Gasteiger partial charge on any atom is -0.328 e. The molecule has 26 heavy (non-hydrogen) atoms. The summed E-state index contributed by atoms with van der Waals surface area (Å²) in [6.07, 6.45) is 2.01. The first-order valence-electron chi connectivity index (χ1n) is 8.75. The van der Waals surface area contributed by atoms with E-state index in [1.807, 2.05) is 19.2 Å². The number of H-pyrrole nitrogens is 1. The maximum Gasteiger partial charge on any atom is 0.204 e. The summed E-state index contributed by atoms with van der Waals surface area (Å²) in [7, 11) is 4.12. The zero-order valence-electron chi connectivity index (χ0n) is 15.0. The third-order valence-corrected chi connectivity index (χ3v) is 4.93. The smallest absolute Gasteiger partial charge is 0.204 e. The average Bonchev–Trinajstić information content (AvgIpc) is 3.24. The Bertz CT molecular complexity index is 864. The third-order valence-electron chi connectivity index (χ3n) is 4.93. The lowest BCUT2D eigenvalue weighted by Crippen LogP contribution is -2.36.